The van der Waals surface area contributed by atoms with Crippen molar-refractivity contribution >= 4 is 28.4 Å². The highest BCUT2D eigenvalue weighted by Crippen LogP contribution is 2.29. The SMILES string of the molecule is CCOC(=O)c1sc(Nc2nc(-c3cnco3)cc(C3CNCCCN3C)n2)nc1C. The van der Waals surface area contributed by atoms with Crippen LogP contribution < -0.4 is 10.6 Å². The summed E-state index contributed by atoms with van der Waals surface area (Å²) in [5.74, 6) is 0.554. The van der Waals surface area contributed by atoms with Crippen LogP contribution in [0.15, 0.2) is 23.1 Å². The molecule has 4 rings (SSSR count). The molecule has 1 atom stereocenters. The number of nitrogens with zero attached hydrogens (tertiary/aromatic N) is 5. The lowest BCUT2D eigenvalue weighted by Gasteiger charge is -2.25. The zero-order chi connectivity index (χ0) is 21.8. The first-order valence-corrected chi connectivity index (χ1v) is 11.0. The van der Waals surface area contributed by atoms with Gasteiger partial charge in [-0.15, -0.1) is 0 Å². The van der Waals surface area contributed by atoms with Crippen LogP contribution in [-0.2, 0) is 4.74 Å². The van der Waals surface area contributed by atoms with Gasteiger partial charge in [-0.1, -0.05) is 11.3 Å². The first kappa shape index (κ1) is 21.3. The highest BCUT2D eigenvalue weighted by atomic mass is 32.1. The molecular weight excluding hydrogens is 418 g/mol. The minimum Gasteiger partial charge on any atom is -0.462 e. The number of rotatable bonds is 6. The molecule has 164 valence electrons. The van der Waals surface area contributed by atoms with E-state index < -0.39 is 0 Å². The average molecular weight is 444 g/mol. The van der Waals surface area contributed by atoms with Gasteiger partial charge in [-0.25, -0.2) is 24.7 Å². The number of ether oxygens (including phenoxy) is 1. The summed E-state index contributed by atoms with van der Waals surface area (Å²) in [6.45, 7) is 6.59. The van der Waals surface area contributed by atoms with Crippen molar-refractivity contribution in [2.45, 2.75) is 26.3 Å². The molecule has 1 aliphatic heterocycles. The van der Waals surface area contributed by atoms with Gasteiger partial charge < -0.3 is 14.5 Å². The van der Waals surface area contributed by atoms with Crippen LogP contribution in [0.3, 0.4) is 0 Å². The Morgan fingerprint density at radius 2 is 2.29 bits per heavy atom. The minimum atomic E-state index is -0.381. The van der Waals surface area contributed by atoms with Gasteiger partial charge in [0.1, 0.15) is 10.6 Å². The van der Waals surface area contributed by atoms with Crippen molar-refractivity contribution in [2.24, 2.45) is 0 Å². The van der Waals surface area contributed by atoms with Gasteiger partial charge in [0.25, 0.3) is 0 Å². The van der Waals surface area contributed by atoms with Gasteiger partial charge >= 0.3 is 5.97 Å². The largest absolute Gasteiger partial charge is 0.462 e. The molecule has 0 spiro atoms. The topological polar surface area (TPSA) is 118 Å². The smallest absolute Gasteiger partial charge is 0.350 e. The fraction of sp³-hybridized carbons (Fsp3) is 0.450. The number of oxazole rings is 1. The Balaban J connectivity index is 1.68. The van der Waals surface area contributed by atoms with E-state index in [1.54, 1.807) is 20.0 Å². The van der Waals surface area contributed by atoms with Crippen molar-refractivity contribution < 1.29 is 13.9 Å². The molecule has 3 aromatic heterocycles. The zero-order valence-corrected chi connectivity index (χ0v) is 18.5. The fourth-order valence-electron chi connectivity index (χ4n) is 3.43. The lowest BCUT2D eigenvalue weighted by molar-refractivity contribution is 0.0531. The third-order valence-corrected chi connectivity index (χ3v) is 6.04. The Hall–Kier alpha value is -2.89. The molecule has 1 fully saturated rings. The van der Waals surface area contributed by atoms with E-state index in [2.05, 4.69) is 37.5 Å². The number of hydrogen-bond acceptors (Lipinski definition) is 11. The standard InChI is InChI=1S/C20H25N7O3S/c1-4-29-18(28)17-12(2)23-20(31-17)26-19-24-13(15-9-21-6-5-7-27(15)3)8-14(25-19)16-10-22-11-30-16/h8,10-11,15,21H,4-7,9H2,1-3H3,(H,23,24,25,26). The first-order chi connectivity index (χ1) is 15.0. The van der Waals surface area contributed by atoms with E-state index in [1.807, 2.05) is 6.07 Å². The van der Waals surface area contributed by atoms with Gasteiger partial charge in [-0.3, -0.25) is 10.2 Å². The van der Waals surface area contributed by atoms with Crippen LogP contribution in [0.2, 0.25) is 0 Å². The Bertz CT molecular complexity index is 1040. The number of esters is 1. The molecule has 2 N–H and O–H groups in total. The van der Waals surface area contributed by atoms with Crippen LogP contribution in [0.25, 0.3) is 11.5 Å². The predicted octanol–water partition coefficient (Wildman–Crippen LogP) is 2.78. The molecule has 10 nitrogen and oxygen atoms in total. The van der Waals surface area contributed by atoms with Gasteiger partial charge in [-0.05, 0) is 46.5 Å². The molecule has 1 saturated heterocycles. The van der Waals surface area contributed by atoms with E-state index in [9.17, 15) is 4.79 Å². The maximum atomic E-state index is 12.1. The van der Waals surface area contributed by atoms with Crippen LogP contribution in [0.1, 0.15) is 40.4 Å². The minimum absolute atomic E-state index is 0.0841. The lowest BCUT2D eigenvalue weighted by atomic mass is 10.1. The Labute approximate surface area is 184 Å². The number of carbonyl (C=O) groups is 1. The third-order valence-electron chi connectivity index (χ3n) is 4.98. The van der Waals surface area contributed by atoms with Crippen LogP contribution in [0.5, 0.6) is 0 Å². The Morgan fingerprint density at radius 1 is 1.42 bits per heavy atom. The van der Waals surface area contributed by atoms with Gasteiger partial charge in [0.2, 0.25) is 5.95 Å². The van der Waals surface area contributed by atoms with E-state index in [0.29, 0.717) is 39.7 Å². The van der Waals surface area contributed by atoms with E-state index >= 15 is 0 Å². The van der Waals surface area contributed by atoms with Crippen molar-refractivity contribution in [3.63, 3.8) is 0 Å². The molecule has 3 aromatic rings. The van der Waals surface area contributed by atoms with Crippen LogP contribution in [-0.4, -0.2) is 64.1 Å². The number of likely N-dealkylation sites (N-methyl/N-ethyl adjacent to an activating group) is 1. The molecule has 0 saturated carbocycles. The van der Waals surface area contributed by atoms with E-state index in [0.717, 1.165) is 31.7 Å². The molecule has 0 radical (unpaired) electrons. The molecule has 0 aliphatic carbocycles. The summed E-state index contributed by atoms with van der Waals surface area (Å²) >= 11 is 1.22. The summed E-state index contributed by atoms with van der Waals surface area (Å²) in [5, 5.41) is 7.14. The molecule has 1 unspecified atom stereocenters. The van der Waals surface area contributed by atoms with Crippen molar-refractivity contribution in [2.75, 3.05) is 38.6 Å². The van der Waals surface area contributed by atoms with Crippen molar-refractivity contribution in [3.05, 3.63) is 34.9 Å². The van der Waals surface area contributed by atoms with Crippen LogP contribution in [0.4, 0.5) is 11.1 Å². The highest BCUT2D eigenvalue weighted by molar-refractivity contribution is 7.17. The average Bonchev–Trinajstić information content (AvgIpc) is 3.35. The second-order valence-electron chi connectivity index (χ2n) is 7.20. The molecule has 0 amide bonds. The zero-order valence-electron chi connectivity index (χ0n) is 17.7. The number of aryl methyl sites for hydroxylation is 1. The van der Waals surface area contributed by atoms with Gasteiger partial charge in [-0.2, -0.15) is 0 Å². The van der Waals surface area contributed by atoms with Crippen molar-refractivity contribution in [1.82, 2.24) is 30.2 Å². The second kappa shape index (κ2) is 9.50. The number of carbonyl (C=O) groups excluding carboxylic acids is 1. The summed E-state index contributed by atoms with van der Waals surface area (Å²) in [6.07, 6.45) is 4.07. The van der Waals surface area contributed by atoms with Crippen molar-refractivity contribution in [3.8, 4) is 11.5 Å². The number of aromatic nitrogens is 4. The molecule has 31 heavy (non-hydrogen) atoms. The summed E-state index contributed by atoms with van der Waals surface area (Å²) in [4.78, 5) is 32.7. The van der Waals surface area contributed by atoms with Gasteiger partial charge in [0.05, 0.1) is 30.2 Å². The van der Waals surface area contributed by atoms with Gasteiger partial charge in [0, 0.05) is 6.54 Å². The molecule has 0 bridgehead atoms. The molecular formula is C20H25N7O3S. The van der Waals surface area contributed by atoms with Gasteiger partial charge in [0.15, 0.2) is 17.3 Å². The van der Waals surface area contributed by atoms with E-state index in [-0.39, 0.29) is 12.0 Å². The maximum Gasteiger partial charge on any atom is 0.350 e. The van der Waals surface area contributed by atoms with E-state index in [1.165, 1.54) is 17.7 Å². The predicted molar refractivity (Wildman–Crippen MR) is 116 cm³/mol. The summed E-state index contributed by atoms with van der Waals surface area (Å²) < 4.78 is 10.6. The molecule has 11 heteroatoms. The lowest BCUT2D eigenvalue weighted by Crippen LogP contribution is -2.30. The summed E-state index contributed by atoms with van der Waals surface area (Å²) in [6, 6.07) is 2.01. The number of hydrogen-bond donors (Lipinski definition) is 2. The summed E-state index contributed by atoms with van der Waals surface area (Å²) in [7, 11) is 2.09. The molecule has 1 aliphatic rings. The third kappa shape index (κ3) is 4.89. The Kier molecular flexibility index (Phi) is 6.54. The quantitative estimate of drug-likeness (QED) is 0.551. The number of anilines is 2. The fourth-order valence-corrected chi connectivity index (χ4v) is 4.28. The van der Waals surface area contributed by atoms with Crippen LogP contribution >= 0.6 is 11.3 Å². The number of nitrogens with one attached hydrogen (secondary N) is 2. The Morgan fingerprint density at radius 3 is 3.06 bits per heavy atom. The first-order valence-electron chi connectivity index (χ1n) is 10.2. The highest BCUT2D eigenvalue weighted by Gasteiger charge is 2.23. The van der Waals surface area contributed by atoms with Crippen LogP contribution in [0, 0.1) is 6.92 Å². The number of thiazole rings is 1. The second-order valence-corrected chi connectivity index (χ2v) is 8.20. The normalized spacial score (nSPS) is 17.3. The summed E-state index contributed by atoms with van der Waals surface area (Å²) in [5.41, 5.74) is 2.09. The van der Waals surface area contributed by atoms with Crippen molar-refractivity contribution in [1.29, 1.82) is 0 Å². The van der Waals surface area contributed by atoms with E-state index in [4.69, 9.17) is 14.1 Å². The maximum absolute atomic E-state index is 12.1. The molecule has 0 aromatic carbocycles. The molecule has 4 heterocycles. The monoisotopic (exact) mass is 443 g/mol.